The van der Waals surface area contributed by atoms with Gasteiger partial charge in [0.15, 0.2) is 0 Å². The van der Waals surface area contributed by atoms with Crippen LogP contribution < -0.4 is 10.1 Å². The zero-order valence-electron chi connectivity index (χ0n) is 11.7. The average molecular weight is 274 g/mol. The van der Waals surface area contributed by atoms with Crippen LogP contribution in [0.3, 0.4) is 0 Å². The van der Waals surface area contributed by atoms with E-state index in [4.69, 9.17) is 14.7 Å². The van der Waals surface area contributed by atoms with Crippen LogP contribution in [0.1, 0.15) is 12.0 Å². The van der Waals surface area contributed by atoms with Crippen molar-refractivity contribution < 1.29 is 14.3 Å². The van der Waals surface area contributed by atoms with Gasteiger partial charge in [-0.15, -0.1) is 0 Å². The molecule has 1 aromatic rings. The molecule has 1 N–H and O–H groups in total. The molecule has 20 heavy (non-hydrogen) atoms. The van der Waals surface area contributed by atoms with E-state index in [1.165, 1.54) is 6.08 Å². The second-order valence-electron chi connectivity index (χ2n) is 4.01. The van der Waals surface area contributed by atoms with Gasteiger partial charge < -0.3 is 14.8 Å². The predicted octanol–water partition coefficient (Wildman–Crippen LogP) is 1.75. The van der Waals surface area contributed by atoms with Gasteiger partial charge in [-0.1, -0.05) is 18.2 Å². The molecule has 0 saturated heterocycles. The number of methoxy groups -OCH3 is 2. The molecule has 0 heterocycles. The molecule has 0 aliphatic heterocycles. The summed E-state index contributed by atoms with van der Waals surface area (Å²) in [4.78, 5) is 11.9. The molecule has 1 aromatic carbocycles. The highest BCUT2D eigenvalue weighted by Gasteiger charge is 2.09. The SMILES string of the molecule is COCCCNC(=O)/C(C#N)=C/c1ccccc1OC. The third-order valence-electron chi connectivity index (χ3n) is 2.61. The maximum atomic E-state index is 11.9. The Morgan fingerprint density at radius 3 is 2.80 bits per heavy atom. The average Bonchev–Trinajstić information content (AvgIpc) is 2.49. The molecule has 0 bridgehead atoms. The number of para-hydroxylation sites is 1. The fraction of sp³-hybridized carbons (Fsp3) is 0.333. The number of rotatable bonds is 7. The van der Waals surface area contributed by atoms with Crippen molar-refractivity contribution in [2.24, 2.45) is 0 Å². The van der Waals surface area contributed by atoms with Gasteiger partial charge in [0.2, 0.25) is 0 Å². The third-order valence-corrected chi connectivity index (χ3v) is 2.61. The highest BCUT2D eigenvalue weighted by Crippen LogP contribution is 2.20. The lowest BCUT2D eigenvalue weighted by Gasteiger charge is -2.06. The molecular weight excluding hydrogens is 256 g/mol. The Hall–Kier alpha value is -2.32. The Balaban J connectivity index is 2.77. The Kier molecular flexibility index (Phi) is 6.87. The van der Waals surface area contributed by atoms with E-state index in [2.05, 4.69) is 5.32 Å². The van der Waals surface area contributed by atoms with Crippen LogP contribution in [0.15, 0.2) is 29.8 Å². The van der Waals surface area contributed by atoms with Crippen LogP contribution in [0.2, 0.25) is 0 Å². The number of carbonyl (C=O) groups is 1. The lowest BCUT2D eigenvalue weighted by molar-refractivity contribution is -0.117. The highest BCUT2D eigenvalue weighted by atomic mass is 16.5. The normalized spacial score (nSPS) is 10.8. The van der Waals surface area contributed by atoms with Crippen LogP contribution in [-0.2, 0) is 9.53 Å². The second kappa shape index (κ2) is 8.73. The summed E-state index contributed by atoms with van der Waals surface area (Å²) in [5, 5.41) is 11.8. The van der Waals surface area contributed by atoms with Crippen molar-refractivity contribution >= 4 is 12.0 Å². The minimum absolute atomic E-state index is 0.0481. The van der Waals surface area contributed by atoms with Crippen molar-refractivity contribution in [2.45, 2.75) is 6.42 Å². The van der Waals surface area contributed by atoms with Crippen LogP contribution in [-0.4, -0.2) is 33.3 Å². The third kappa shape index (κ3) is 4.75. The monoisotopic (exact) mass is 274 g/mol. The molecule has 1 rings (SSSR count). The van der Waals surface area contributed by atoms with Crippen molar-refractivity contribution in [3.63, 3.8) is 0 Å². The van der Waals surface area contributed by atoms with Crippen molar-refractivity contribution in [2.75, 3.05) is 27.4 Å². The van der Waals surface area contributed by atoms with Gasteiger partial charge in [0.25, 0.3) is 5.91 Å². The van der Waals surface area contributed by atoms with Crippen molar-refractivity contribution in [3.8, 4) is 11.8 Å². The summed E-state index contributed by atoms with van der Waals surface area (Å²) in [6.07, 6.45) is 2.22. The number of benzene rings is 1. The molecule has 0 aliphatic carbocycles. The maximum absolute atomic E-state index is 11.9. The molecule has 1 amide bonds. The summed E-state index contributed by atoms with van der Waals surface area (Å²) in [5.74, 6) is 0.224. The summed E-state index contributed by atoms with van der Waals surface area (Å²) in [6.45, 7) is 1.04. The van der Waals surface area contributed by atoms with Crippen LogP contribution >= 0.6 is 0 Å². The molecule has 0 saturated carbocycles. The van der Waals surface area contributed by atoms with Gasteiger partial charge in [0.1, 0.15) is 17.4 Å². The van der Waals surface area contributed by atoms with Gasteiger partial charge in [-0.2, -0.15) is 5.26 Å². The standard InChI is InChI=1S/C15H18N2O3/c1-19-9-5-8-17-15(18)13(11-16)10-12-6-3-4-7-14(12)20-2/h3-4,6-7,10H,5,8-9H2,1-2H3,(H,17,18)/b13-10+. The van der Waals surface area contributed by atoms with E-state index in [0.29, 0.717) is 30.9 Å². The van der Waals surface area contributed by atoms with Gasteiger partial charge in [0.05, 0.1) is 7.11 Å². The van der Waals surface area contributed by atoms with Crippen LogP contribution in [0.25, 0.3) is 6.08 Å². The predicted molar refractivity (Wildman–Crippen MR) is 76.1 cm³/mol. The number of nitrogens with one attached hydrogen (secondary N) is 1. The first-order valence-corrected chi connectivity index (χ1v) is 6.25. The number of carbonyl (C=O) groups excluding carboxylic acids is 1. The quantitative estimate of drug-likeness (QED) is 0.467. The van der Waals surface area contributed by atoms with E-state index in [0.717, 1.165) is 0 Å². The number of amides is 1. The lowest BCUT2D eigenvalue weighted by Crippen LogP contribution is -2.26. The Bertz CT molecular complexity index is 518. The van der Waals surface area contributed by atoms with Crippen molar-refractivity contribution in [1.82, 2.24) is 5.32 Å². The number of nitrogens with zero attached hydrogens (tertiary/aromatic N) is 1. The van der Waals surface area contributed by atoms with Crippen LogP contribution in [0, 0.1) is 11.3 Å². The number of ether oxygens (including phenoxy) is 2. The molecule has 0 fully saturated rings. The zero-order chi connectivity index (χ0) is 14.8. The van der Waals surface area contributed by atoms with Gasteiger partial charge in [-0.05, 0) is 18.6 Å². The molecule has 5 heteroatoms. The first-order valence-electron chi connectivity index (χ1n) is 6.25. The van der Waals surface area contributed by atoms with Crippen molar-refractivity contribution in [3.05, 3.63) is 35.4 Å². The van der Waals surface area contributed by atoms with Crippen LogP contribution in [0.5, 0.6) is 5.75 Å². The molecule has 0 aromatic heterocycles. The number of hydrogen-bond donors (Lipinski definition) is 1. The summed E-state index contributed by atoms with van der Waals surface area (Å²) in [6, 6.07) is 9.11. The number of hydrogen-bond acceptors (Lipinski definition) is 4. The van der Waals surface area contributed by atoms with Gasteiger partial charge in [0, 0.05) is 25.8 Å². The molecule has 0 aliphatic rings. The zero-order valence-corrected chi connectivity index (χ0v) is 11.7. The topological polar surface area (TPSA) is 71.3 Å². The van der Waals surface area contributed by atoms with E-state index < -0.39 is 5.91 Å². The molecular formula is C15H18N2O3. The molecule has 0 radical (unpaired) electrons. The van der Waals surface area contributed by atoms with E-state index in [1.807, 2.05) is 18.2 Å². The van der Waals surface area contributed by atoms with E-state index in [9.17, 15) is 4.79 Å². The van der Waals surface area contributed by atoms with Gasteiger partial charge in [-0.3, -0.25) is 4.79 Å². The lowest BCUT2D eigenvalue weighted by atomic mass is 10.1. The van der Waals surface area contributed by atoms with Crippen LogP contribution in [0.4, 0.5) is 0 Å². The first-order chi connectivity index (χ1) is 9.72. The van der Waals surface area contributed by atoms with Crippen molar-refractivity contribution in [1.29, 1.82) is 5.26 Å². The summed E-state index contributed by atoms with van der Waals surface area (Å²) >= 11 is 0. The summed E-state index contributed by atoms with van der Waals surface area (Å²) in [7, 11) is 3.15. The number of nitriles is 1. The largest absolute Gasteiger partial charge is 0.496 e. The van der Waals surface area contributed by atoms with E-state index in [-0.39, 0.29) is 5.57 Å². The summed E-state index contributed by atoms with van der Waals surface area (Å²) < 4.78 is 10.1. The minimum Gasteiger partial charge on any atom is -0.496 e. The molecule has 0 unspecified atom stereocenters. The maximum Gasteiger partial charge on any atom is 0.261 e. The smallest absolute Gasteiger partial charge is 0.261 e. The molecule has 5 nitrogen and oxygen atoms in total. The Labute approximate surface area is 118 Å². The van der Waals surface area contributed by atoms with E-state index in [1.54, 1.807) is 26.4 Å². The summed E-state index contributed by atoms with van der Waals surface area (Å²) in [5.41, 5.74) is 0.741. The molecule has 0 spiro atoms. The Morgan fingerprint density at radius 1 is 1.40 bits per heavy atom. The van der Waals surface area contributed by atoms with E-state index >= 15 is 0 Å². The highest BCUT2D eigenvalue weighted by molar-refractivity contribution is 6.01. The Morgan fingerprint density at radius 2 is 2.15 bits per heavy atom. The van der Waals surface area contributed by atoms with Gasteiger partial charge >= 0.3 is 0 Å². The molecule has 106 valence electrons. The molecule has 0 atom stereocenters. The first kappa shape index (κ1) is 15.7. The fourth-order valence-corrected chi connectivity index (χ4v) is 1.60. The van der Waals surface area contributed by atoms with Gasteiger partial charge in [-0.25, -0.2) is 0 Å². The second-order valence-corrected chi connectivity index (χ2v) is 4.01. The fourth-order valence-electron chi connectivity index (χ4n) is 1.60. The minimum atomic E-state index is -0.394.